The van der Waals surface area contributed by atoms with Crippen molar-refractivity contribution >= 4 is 0 Å². The van der Waals surface area contributed by atoms with Gasteiger partial charge in [0.25, 0.3) is 0 Å². The first-order valence-corrected chi connectivity index (χ1v) is 4.33. The van der Waals surface area contributed by atoms with Gasteiger partial charge in [-0.1, -0.05) is 26.8 Å². The zero-order valence-corrected chi connectivity index (χ0v) is 8.55. The van der Waals surface area contributed by atoms with Crippen molar-refractivity contribution in [2.45, 2.75) is 33.1 Å². The lowest BCUT2D eigenvalue weighted by atomic mass is 9.86. The SMILES string of the molecule is Cc1nc(C#N)ccc1C(C)(C)C. The molecular formula is C11H14N2. The molecule has 2 heteroatoms. The smallest absolute Gasteiger partial charge is 0.140 e. The first kappa shape index (κ1) is 9.73. The Balaban J connectivity index is 3.23. The lowest BCUT2D eigenvalue weighted by Crippen LogP contribution is -2.14. The Morgan fingerprint density at radius 1 is 1.31 bits per heavy atom. The number of pyridine rings is 1. The molecule has 0 aliphatic rings. The van der Waals surface area contributed by atoms with Crippen LogP contribution < -0.4 is 0 Å². The van der Waals surface area contributed by atoms with Crippen LogP contribution in [-0.2, 0) is 5.41 Å². The summed E-state index contributed by atoms with van der Waals surface area (Å²) in [5.41, 5.74) is 2.74. The third-order valence-electron chi connectivity index (χ3n) is 2.01. The molecule has 1 aromatic rings. The summed E-state index contributed by atoms with van der Waals surface area (Å²) in [6.45, 7) is 8.37. The van der Waals surface area contributed by atoms with Crippen LogP contribution in [0, 0.1) is 18.3 Å². The van der Waals surface area contributed by atoms with Crippen LogP contribution in [0.1, 0.15) is 37.7 Å². The number of hydrogen-bond donors (Lipinski definition) is 0. The predicted molar refractivity (Wildman–Crippen MR) is 52.4 cm³/mol. The number of aryl methyl sites for hydroxylation is 1. The van der Waals surface area contributed by atoms with E-state index >= 15 is 0 Å². The van der Waals surface area contributed by atoms with Crippen LogP contribution in [-0.4, -0.2) is 4.98 Å². The monoisotopic (exact) mass is 174 g/mol. The van der Waals surface area contributed by atoms with E-state index in [-0.39, 0.29) is 5.41 Å². The highest BCUT2D eigenvalue weighted by Gasteiger charge is 2.16. The van der Waals surface area contributed by atoms with E-state index in [0.717, 1.165) is 5.69 Å². The lowest BCUT2D eigenvalue weighted by Gasteiger charge is -2.20. The third kappa shape index (κ3) is 2.06. The van der Waals surface area contributed by atoms with Gasteiger partial charge in [0.2, 0.25) is 0 Å². The third-order valence-corrected chi connectivity index (χ3v) is 2.01. The highest BCUT2D eigenvalue weighted by molar-refractivity contribution is 5.32. The average molecular weight is 174 g/mol. The molecule has 68 valence electrons. The first-order chi connectivity index (χ1) is 5.95. The molecule has 13 heavy (non-hydrogen) atoms. The zero-order chi connectivity index (χ0) is 10.1. The molecule has 0 amide bonds. The minimum Gasteiger partial charge on any atom is -0.242 e. The van der Waals surface area contributed by atoms with E-state index in [2.05, 4.69) is 25.8 Å². The Morgan fingerprint density at radius 3 is 2.31 bits per heavy atom. The Hall–Kier alpha value is -1.36. The minimum atomic E-state index is 0.102. The number of rotatable bonds is 0. The Morgan fingerprint density at radius 2 is 1.92 bits per heavy atom. The number of hydrogen-bond acceptors (Lipinski definition) is 2. The summed E-state index contributed by atoms with van der Waals surface area (Å²) in [5, 5.41) is 8.64. The predicted octanol–water partition coefficient (Wildman–Crippen LogP) is 2.56. The summed E-state index contributed by atoms with van der Waals surface area (Å²) in [5.74, 6) is 0. The molecule has 0 atom stereocenters. The van der Waals surface area contributed by atoms with E-state index in [1.54, 1.807) is 6.07 Å². The summed E-state index contributed by atoms with van der Waals surface area (Å²) in [7, 11) is 0. The normalized spacial score (nSPS) is 11.0. The topological polar surface area (TPSA) is 36.7 Å². The summed E-state index contributed by atoms with van der Waals surface area (Å²) in [6, 6.07) is 5.79. The Bertz CT molecular complexity index is 353. The van der Waals surface area contributed by atoms with Crippen molar-refractivity contribution in [1.29, 1.82) is 5.26 Å². The second-order valence-corrected chi connectivity index (χ2v) is 4.19. The molecule has 2 nitrogen and oxygen atoms in total. The largest absolute Gasteiger partial charge is 0.242 e. The second-order valence-electron chi connectivity index (χ2n) is 4.19. The van der Waals surface area contributed by atoms with Gasteiger partial charge in [0.15, 0.2) is 0 Å². The molecule has 0 spiro atoms. The van der Waals surface area contributed by atoms with E-state index in [9.17, 15) is 0 Å². The molecule has 0 saturated heterocycles. The molecule has 0 saturated carbocycles. The summed E-state index contributed by atoms with van der Waals surface area (Å²) >= 11 is 0. The van der Waals surface area contributed by atoms with Gasteiger partial charge in [0, 0.05) is 5.69 Å². The van der Waals surface area contributed by atoms with Crippen molar-refractivity contribution in [1.82, 2.24) is 4.98 Å². The zero-order valence-electron chi connectivity index (χ0n) is 8.55. The maximum atomic E-state index is 8.64. The molecule has 0 unspecified atom stereocenters. The molecular weight excluding hydrogens is 160 g/mol. The van der Waals surface area contributed by atoms with Crippen LogP contribution in [0.5, 0.6) is 0 Å². The van der Waals surface area contributed by atoms with Crippen LogP contribution in [0.4, 0.5) is 0 Å². The van der Waals surface area contributed by atoms with Gasteiger partial charge in [-0.05, 0) is 24.0 Å². The van der Waals surface area contributed by atoms with Gasteiger partial charge >= 0.3 is 0 Å². The first-order valence-electron chi connectivity index (χ1n) is 4.33. The van der Waals surface area contributed by atoms with Crippen LogP contribution >= 0.6 is 0 Å². The average Bonchev–Trinajstić information content (AvgIpc) is 2.01. The molecule has 1 aromatic heterocycles. The van der Waals surface area contributed by atoms with Crippen molar-refractivity contribution in [2.24, 2.45) is 0 Å². The fourth-order valence-corrected chi connectivity index (χ4v) is 1.42. The molecule has 0 fully saturated rings. The molecule has 0 aliphatic carbocycles. The van der Waals surface area contributed by atoms with Crippen molar-refractivity contribution in [3.05, 3.63) is 29.1 Å². The standard InChI is InChI=1S/C11H14N2/c1-8-10(11(2,3)4)6-5-9(7-12)13-8/h5-6H,1-4H3. The van der Waals surface area contributed by atoms with Gasteiger partial charge in [-0.15, -0.1) is 0 Å². The maximum absolute atomic E-state index is 8.64. The Labute approximate surface area is 79.2 Å². The number of nitriles is 1. The molecule has 0 aliphatic heterocycles. The van der Waals surface area contributed by atoms with Gasteiger partial charge in [-0.25, -0.2) is 4.98 Å². The lowest BCUT2D eigenvalue weighted by molar-refractivity contribution is 0.582. The fraction of sp³-hybridized carbons (Fsp3) is 0.455. The molecule has 1 heterocycles. The quantitative estimate of drug-likeness (QED) is 0.606. The number of nitrogens with zero attached hydrogens (tertiary/aromatic N) is 2. The van der Waals surface area contributed by atoms with E-state index in [0.29, 0.717) is 5.69 Å². The van der Waals surface area contributed by atoms with Crippen LogP contribution in [0.3, 0.4) is 0 Å². The van der Waals surface area contributed by atoms with Crippen LogP contribution in [0.15, 0.2) is 12.1 Å². The van der Waals surface area contributed by atoms with Gasteiger partial charge in [-0.2, -0.15) is 5.26 Å². The highest BCUT2D eigenvalue weighted by atomic mass is 14.7. The van der Waals surface area contributed by atoms with E-state index in [1.807, 2.05) is 19.1 Å². The van der Waals surface area contributed by atoms with E-state index in [4.69, 9.17) is 5.26 Å². The van der Waals surface area contributed by atoms with Crippen molar-refractivity contribution in [2.75, 3.05) is 0 Å². The van der Waals surface area contributed by atoms with E-state index in [1.165, 1.54) is 5.56 Å². The number of aromatic nitrogens is 1. The van der Waals surface area contributed by atoms with Gasteiger partial charge < -0.3 is 0 Å². The van der Waals surface area contributed by atoms with Gasteiger partial charge in [-0.3, -0.25) is 0 Å². The van der Waals surface area contributed by atoms with Gasteiger partial charge in [0.05, 0.1) is 0 Å². The van der Waals surface area contributed by atoms with Crippen molar-refractivity contribution in [3.63, 3.8) is 0 Å². The summed E-state index contributed by atoms with van der Waals surface area (Å²) < 4.78 is 0. The minimum absolute atomic E-state index is 0.102. The Kier molecular flexibility index (Phi) is 2.38. The molecule has 0 bridgehead atoms. The maximum Gasteiger partial charge on any atom is 0.140 e. The van der Waals surface area contributed by atoms with Crippen molar-refractivity contribution < 1.29 is 0 Å². The van der Waals surface area contributed by atoms with Gasteiger partial charge in [0.1, 0.15) is 11.8 Å². The molecule has 0 N–H and O–H groups in total. The highest BCUT2D eigenvalue weighted by Crippen LogP contribution is 2.24. The summed E-state index contributed by atoms with van der Waals surface area (Å²) in [6.07, 6.45) is 0. The van der Waals surface area contributed by atoms with Crippen molar-refractivity contribution in [3.8, 4) is 6.07 Å². The summed E-state index contributed by atoms with van der Waals surface area (Å²) in [4.78, 5) is 4.20. The molecule has 0 radical (unpaired) electrons. The fourth-order valence-electron chi connectivity index (χ4n) is 1.42. The van der Waals surface area contributed by atoms with E-state index < -0.39 is 0 Å². The molecule has 1 rings (SSSR count). The molecule has 0 aromatic carbocycles. The second kappa shape index (κ2) is 3.18. The van der Waals surface area contributed by atoms with Crippen LogP contribution in [0.25, 0.3) is 0 Å². The van der Waals surface area contributed by atoms with Crippen LogP contribution in [0.2, 0.25) is 0 Å².